The van der Waals surface area contributed by atoms with E-state index in [1.807, 2.05) is 0 Å². The highest BCUT2D eigenvalue weighted by Gasteiger charge is 2.64. The average Bonchev–Trinajstić information content (AvgIpc) is 2.60. The van der Waals surface area contributed by atoms with Gasteiger partial charge >= 0.3 is 0 Å². The van der Waals surface area contributed by atoms with Gasteiger partial charge in [0.1, 0.15) is 0 Å². The molecule has 2 aliphatic carbocycles. The van der Waals surface area contributed by atoms with Crippen LogP contribution in [0.1, 0.15) is 41.0 Å². The fourth-order valence-electron chi connectivity index (χ4n) is 5.46. The zero-order valence-corrected chi connectivity index (χ0v) is 11.5. The summed E-state index contributed by atoms with van der Waals surface area (Å²) in [6, 6.07) is 1.78. The Bertz CT molecular complexity index is 287. The van der Waals surface area contributed by atoms with E-state index in [-0.39, 0.29) is 0 Å². The molecule has 16 heavy (non-hydrogen) atoms. The minimum atomic E-state index is 0.827. The van der Waals surface area contributed by atoms with Crippen molar-refractivity contribution < 1.29 is 0 Å². The Morgan fingerprint density at radius 1 is 1.00 bits per heavy atom. The summed E-state index contributed by atoms with van der Waals surface area (Å²) in [6.07, 6.45) is 1.50. The molecule has 2 saturated carbocycles. The van der Waals surface area contributed by atoms with Gasteiger partial charge in [-0.3, -0.25) is 4.90 Å². The number of fused-ring (bicyclic) bond motifs is 4. The van der Waals surface area contributed by atoms with E-state index in [2.05, 4.69) is 39.5 Å². The van der Waals surface area contributed by atoms with Crippen LogP contribution in [-0.4, -0.2) is 23.5 Å². The topological polar surface area (TPSA) is 3.24 Å². The molecule has 1 saturated heterocycles. The van der Waals surface area contributed by atoms with Gasteiger partial charge in [0.25, 0.3) is 0 Å². The molecule has 0 amide bonds. The second-order valence-corrected chi connectivity index (χ2v) is 6.81. The van der Waals surface area contributed by atoms with Crippen LogP contribution in [0.3, 0.4) is 0 Å². The molecule has 0 N–H and O–H groups in total. The van der Waals surface area contributed by atoms with E-state index < -0.39 is 0 Å². The summed E-state index contributed by atoms with van der Waals surface area (Å²) < 4.78 is 0. The van der Waals surface area contributed by atoms with E-state index in [4.69, 9.17) is 0 Å². The van der Waals surface area contributed by atoms with Gasteiger partial charge in [-0.25, -0.2) is 0 Å². The van der Waals surface area contributed by atoms with Crippen molar-refractivity contribution >= 4 is 0 Å². The lowest BCUT2D eigenvalue weighted by Crippen LogP contribution is -2.54. The van der Waals surface area contributed by atoms with Crippen LogP contribution in [0.5, 0.6) is 0 Å². The monoisotopic (exact) mass is 221 g/mol. The minimum absolute atomic E-state index is 0.827. The molecule has 0 aromatic heterocycles. The van der Waals surface area contributed by atoms with Gasteiger partial charge in [-0.15, -0.1) is 0 Å². The van der Waals surface area contributed by atoms with Crippen LogP contribution in [0.2, 0.25) is 0 Å². The third-order valence-electron chi connectivity index (χ3n) is 6.56. The van der Waals surface area contributed by atoms with Crippen molar-refractivity contribution in [2.45, 2.75) is 53.1 Å². The lowest BCUT2D eigenvalue weighted by atomic mass is 9.58. The summed E-state index contributed by atoms with van der Waals surface area (Å²) >= 11 is 0. The highest BCUT2D eigenvalue weighted by Crippen LogP contribution is 2.63. The highest BCUT2D eigenvalue weighted by atomic mass is 15.2. The molecule has 0 spiro atoms. The second-order valence-electron chi connectivity index (χ2n) is 6.81. The molecular weight excluding hydrogens is 194 g/mol. The SMILES string of the molecule is CCN1[C@H]2[C@H](C3[C@@H](C)[C@@H](C)C[C@H]32)[C@H](C)[C@@H]1C. The van der Waals surface area contributed by atoms with Gasteiger partial charge in [-0.05, 0) is 55.4 Å². The molecule has 0 bridgehead atoms. The highest BCUT2D eigenvalue weighted by molar-refractivity contribution is 5.15. The molecule has 3 fully saturated rings. The van der Waals surface area contributed by atoms with E-state index in [0.29, 0.717) is 0 Å². The Kier molecular flexibility index (Phi) is 2.41. The molecule has 3 rings (SSSR count). The maximum Gasteiger partial charge on any atom is 0.0163 e. The van der Waals surface area contributed by atoms with Crippen LogP contribution >= 0.6 is 0 Å². The van der Waals surface area contributed by atoms with Gasteiger partial charge in [-0.2, -0.15) is 0 Å². The molecule has 0 radical (unpaired) electrons. The first-order chi connectivity index (χ1) is 7.57. The van der Waals surface area contributed by atoms with Crippen LogP contribution in [0, 0.1) is 35.5 Å². The Labute approximate surface area is 101 Å². The lowest BCUT2D eigenvalue weighted by molar-refractivity contribution is -0.0193. The molecule has 1 heterocycles. The first-order valence-electron chi connectivity index (χ1n) is 7.33. The van der Waals surface area contributed by atoms with E-state index in [9.17, 15) is 0 Å². The van der Waals surface area contributed by atoms with Crippen molar-refractivity contribution in [1.29, 1.82) is 0 Å². The van der Waals surface area contributed by atoms with Crippen LogP contribution < -0.4 is 0 Å². The van der Waals surface area contributed by atoms with Crippen LogP contribution in [0.25, 0.3) is 0 Å². The molecule has 8 atom stereocenters. The fraction of sp³-hybridized carbons (Fsp3) is 1.00. The summed E-state index contributed by atoms with van der Waals surface area (Å²) in [7, 11) is 0. The van der Waals surface area contributed by atoms with Gasteiger partial charge in [0.05, 0.1) is 0 Å². The van der Waals surface area contributed by atoms with Crippen molar-refractivity contribution in [1.82, 2.24) is 4.90 Å². The predicted molar refractivity (Wildman–Crippen MR) is 68.2 cm³/mol. The van der Waals surface area contributed by atoms with Crippen LogP contribution in [-0.2, 0) is 0 Å². The summed E-state index contributed by atoms with van der Waals surface area (Å²) in [5.41, 5.74) is 0. The van der Waals surface area contributed by atoms with Gasteiger partial charge in [-0.1, -0.05) is 27.7 Å². The largest absolute Gasteiger partial charge is 0.297 e. The summed E-state index contributed by atoms with van der Waals surface area (Å²) in [5, 5.41) is 0. The van der Waals surface area contributed by atoms with Crippen molar-refractivity contribution in [2.24, 2.45) is 35.5 Å². The van der Waals surface area contributed by atoms with Gasteiger partial charge in [0.15, 0.2) is 0 Å². The number of nitrogens with zero attached hydrogens (tertiary/aromatic N) is 1. The molecule has 0 aromatic carbocycles. The standard InChI is InChI=1S/C15H27N/c1-6-16-11(5)10(4)14-13-9(3)8(2)7-12(13)15(14)16/h8-15H,6-7H2,1-5H3/t8-,9-,10+,11-,12+,13?,14-,15+/m0/s1. The van der Waals surface area contributed by atoms with E-state index in [1.165, 1.54) is 13.0 Å². The van der Waals surface area contributed by atoms with E-state index in [0.717, 1.165) is 47.6 Å². The molecule has 1 aliphatic heterocycles. The molecule has 3 aliphatic rings. The zero-order chi connectivity index (χ0) is 11.6. The molecule has 0 aromatic rings. The van der Waals surface area contributed by atoms with Crippen molar-refractivity contribution in [2.75, 3.05) is 6.54 Å². The second kappa shape index (κ2) is 3.48. The van der Waals surface area contributed by atoms with Gasteiger partial charge < -0.3 is 0 Å². The Morgan fingerprint density at radius 3 is 2.31 bits per heavy atom. The molecule has 1 heteroatoms. The summed E-state index contributed by atoms with van der Waals surface area (Å²) in [6.45, 7) is 13.6. The smallest absolute Gasteiger partial charge is 0.0163 e. The molecular formula is C15H27N. The van der Waals surface area contributed by atoms with Gasteiger partial charge in [0, 0.05) is 12.1 Å². The van der Waals surface area contributed by atoms with Crippen molar-refractivity contribution in [3.63, 3.8) is 0 Å². The number of rotatable bonds is 1. The van der Waals surface area contributed by atoms with Crippen LogP contribution in [0.15, 0.2) is 0 Å². The summed E-state index contributed by atoms with van der Waals surface area (Å²) in [5.74, 6) is 6.02. The molecule has 92 valence electrons. The Morgan fingerprint density at radius 2 is 1.69 bits per heavy atom. The quantitative estimate of drug-likeness (QED) is 0.657. The first kappa shape index (κ1) is 11.1. The first-order valence-corrected chi connectivity index (χ1v) is 7.33. The van der Waals surface area contributed by atoms with Crippen molar-refractivity contribution in [3.05, 3.63) is 0 Å². The summed E-state index contributed by atoms with van der Waals surface area (Å²) in [4.78, 5) is 2.81. The third kappa shape index (κ3) is 1.11. The predicted octanol–water partition coefficient (Wildman–Crippen LogP) is 3.25. The Hall–Kier alpha value is -0.0400. The average molecular weight is 221 g/mol. The maximum absolute atomic E-state index is 2.81. The molecule has 1 unspecified atom stereocenters. The zero-order valence-electron chi connectivity index (χ0n) is 11.5. The van der Waals surface area contributed by atoms with E-state index >= 15 is 0 Å². The lowest BCUT2D eigenvalue weighted by Gasteiger charge is -2.51. The Balaban J connectivity index is 1.87. The van der Waals surface area contributed by atoms with Gasteiger partial charge in [0.2, 0.25) is 0 Å². The maximum atomic E-state index is 2.81. The van der Waals surface area contributed by atoms with E-state index in [1.54, 1.807) is 0 Å². The van der Waals surface area contributed by atoms with Crippen LogP contribution in [0.4, 0.5) is 0 Å². The number of hydrogen-bond acceptors (Lipinski definition) is 1. The number of hydrogen-bond donors (Lipinski definition) is 0. The normalized spacial score (nSPS) is 60.6. The van der Waals surface area contributed by atoms with Crippen molar-refractivity contribution in [3.8, 4) is 0 Å². The fourth-order valence-corrected chi connectivity index (χ4v) is 5.46. The molecule has 1 nitrogen and oxygen atoms in total. The third-order valence-corrected chi connectivity index (χ3v) is 6.56. The minimum Gasteiger partial charge on any atom is -0.297 e. The number of likely N-dealkylation sites (tertiary alicyclic amines) is 1.